The van der Waals surface area contributed by atoms with Crippen LogP contribution in [0.3, 0.4) is 0 Å². The minimum atomic E-state index is -4.14. The van der Waals surface area contributed by atoms with E-state index in [4.69, 9.17) is 0 Å². The molecule has 0 unspecified atom stereocenters. The molecule has 0 saturated heterocycles. The van der Waals surface area contributed by atoms with Crippen molar-refractivity contribution in [2.45, 2.75) is 75.0 Å². The van der Waals surface area contributed by atoms with Crippen molar-refractivity contribution in [3.8, 4) is 0 Å². The molecule has 4 aromatic rings. The Morgan fingerprint density at radius 2 is 0.893 bits per heavy atom. The molecule has 0 radical (unpaired) electrons. The third-order valence-electron chi connectivity index (χ3n) is 9.14. The highest BCUT2D eigenvalue weighted by molar-refractivity contribution is 7.93. The van der Waals surface area contributed by atoms with Crippen molar-refractivity contribution in [1.82, 2.24) is 0 Å². The van der Waals surface area contributed by atoms with E-state index in [9.17, 15) is 46.2 Å². The summed E-state index contributed by atoms with van der Waals surface area (Å²) in [5, 5.41) is 19.8. The molecule has 0 aromatic heterocycles. The Bertz CT molecular complexity index is 2130. The van der Waals surface area contributed by atoms with Crippen LogP contribution in [0.1, 0.15) is 84.2 Å². The van der Waals surface area contributed by atoms with Gasteiger partial charge in [-0.05, 0) is 97.5 Å². The van der Waals surface area contributed by atoms with Crippen LogP contribution in [0.5, 0.6) is 0 Å². The maximum Gasteiger partial charge on any atom is 0.337 e. The average Bonchev–Trinajstić information content (AvgIpc) is 3.17. The number of carbonyl (C=O) groups excluding carboxylic acids is 2. The summed E-state index contributed by atoms with van der Waals surface area (Å²) in [6.45, 7) is 4.11. The summed E-state index contributed by atoms with van der Waals surface area (Å²) >= 11 is 0. The number of hydrogen-bond acceptors (Lipinski definition) is 8. The number of hydrogen-bond donors (Lipinski definition) is 4. The number of anilines is 4. The van der Waals surface area contributed by atoms with Gasteiger partial charge in [0, 0.05) is 38.3 Å². The Morgan fingerprint density at radius 3 is 1.20 bits per heavy atom. The van der Waals surface area contributed by atoms with E-state index in [2.05, 4.69) is 23.3 Å². The van der Waals surface area contributed by atoms with E-state index in [1.807, 2.05) is 0 Å². The molecule has 0 heterocycles. The molecule has 16 heteroatoms. The van der Waals surface area contributed by atoms with Crippen LogP contribution < -0.4 is 19.2 Å². The molecule has 0 saturated carbocycles. The van der Waals surface area contributed by atoms with Gasteiger partial charge in [0.1, 0.15) is 0 Å². The number of amides is 2. The van der Waals surface area contributed by atoms with E-state index >= 15 is 0 Å². The van der Waals surface area contributed by atoms with Crippen LogP contribution in [0.4, 0.5) is 22.7 Å². The highest BCUT2D eigenvalue weighted by atomic mass is 32.2. The number of carboxylic acid groups (broad SMARTS) is 2. The molecular formula is C40H46N4O10S2. The number of benzene rings is 4. The molecule has 4 N–H and O–H groups in total. The first-order chi connectivity index (χ1) is 26.5. The first-order valence-electron chi connectivity index (χ1n) is 18.0. The Labute approximate surface area is 327 Å². The van der Waals surface area contributed by atoms with E-state index in [0.29, 0.717) is 0 Å². The highest BCUT2D eigenvalue weighted by Gasteiger charge is 2.24. The number of rotatable bonds is 19. The maximum absolute atomic E-state index is 13.1. The van der Waals surface area contributed by atoms with E-state index in [0.717, 1.165) is 71.6 Å². The normalized spacial score (nSPS) is 11.4. The minimum absolute atomic E-state index is 0.0426. The van der Waals surface area contributed by atoms with Crippen molar-refractivity contribution in [1.29, 1.82) is 0 Å². The first-order valence-corrected chi connectivity index (χ1v) is 20.9. The SMILES string of the molecule is CCCCc1ccc(S(=O)(=O)Nc2ccc(N(C)C(=O)CCC(=O)N(C)c3ccc(NS(=O)(=O)c4ccc(CCCC)cc4)c(C(=O)O)c3)cc2C(=O)O)cc1. The van der Waals surface area contributed by atoms with E-state index < -0.39 is 54.9 Å². The fourth-order valence-corrected chi connectivity index (χ4v) is 7.85. The number of unbranched alkanes of at least 4 members (excludes halogenated alkanes) is 2. The predicted molar refractivity (Wildman–Crippen MR) is 215 cm³/mol. The maximum atomic E-state index is 13.1. The molecule has 56 heavy (non-hydrogen) atoms. The van der Waals surface area contributed by atoms with Crippen molar-refractivity contribution >= 4 is 66.5 Å². The molecule has 298 valence electrons. The first kappa shape index (κ1) is 43.0. The zero-order valence-corrected chi connectivity index (χ0v) is 33.2. The fourth-order valence-electron chi connectivity index (χ4n) is 5.69. The van der Waals surface area contributed by atoms with Gasteiger partial charge in [-0.3, -0.25) is 19.0 Å². The third kappa shape index (κ3) is 10.9. The Balaban J connectivity index is 1.42. The second-order valence-electron chi connectivity index (χ2n) is 13.2. The van der Waals surface area contributed by atoms with Crippen molar-refractivity contribution in [2.24, 2.45) is 0 Å². The highest BCUT2D eigenvalue weighted by Crippen LogP contribution is 2.28. The van der Waals surface area contributed by atoms with Crippen molar-refractivity contribution < 1.29 is 46.2 Å². The molecule has 0 bridgehead atoms. The number of carbonyl (C=O) groups is 4. The van der Waals surface area contributed by atoms with Gasteiger partial charge in [0.15, 0.2) is 0 Å². The van der Waals surface area contributed by atoms with Gasteiger partial charge in [-0.15, -0.1) is 0 Å². The molecule has 0 atom stereocenters. The van der Waals surface area contributed by atoms with E-state index in [1.165, 1.54) is 62.6 Å². The number of carboxylic acids is 2. The van der Waals surface area contributed by atoms with E-state index in [1.54, 1.807) is 24.3 Å². The van der Waals surface area contributed by atoms with Crippen molar-refractivity contribution in [3.05, 3.63) is 107 Å². The summed E-state index contributed by atoms with van der Waals surface area (Å²) in [6.07, 6.45) is 4.87. The third-order valence-corrected chi connectivity index (χ3v) is 11.9. The molecule has 2 amide bonds. The van der Waals surface area contributed by atoms with Crippen LogP contribution >= 0.6 is 0 Å². The smallest absolute Gasteiger partial charge is 0.337 e. The fraction of sp³-hybridized carbons (Fsp3) is 0.300. The number of aryl methyl sites for hydroxylation is 2. The molecule has 0 aliphatic heterocycles. The lowest BCUT2D eigenvalue weighted by molar-refractivity contribution is -0.123. The molecule has 0 spiro atoms. The standard InChI is InChI=1S/C40H46N4O10S2/c1-5-7-9-27-11-17-31(18-12-27)55(51,52)41-35-21-15-29(25-33(35)39(47)48)43(3)37(45)23-24-38(46)44(4)30-16-22-36(34(26-30)40(49)50)42-56(53,54)32-19-13-28(14-20-32)10-8-6-2/h11-22,25-26,41-42H,5-10,23-24H2,1-4H3,(H,47,48)(H,49,50). The Hall–Kier alpha value is -5.74. The van der Waals surface area contributed by atoms with Gasteiger partial charge in [-0.1, -0.05) is 51.0 Å². The second kappa shape index (κ2) is 18.7. The lowest BCUT2D eigenvalue weighted by atomic mass is 10.1. The molecule has 14 nitrogen and oxygen atoms in total. The Morgan fingerprint density at radius 1 is 0.554 bits per heavy atom. The Kier molecular flexibility index (Phi) is 14.4. The van der Waals surface area contributed by atoms with Gasteiger partial charge < -0.3 is 20.0 Å². The number of nitrogens with one attached hydrogen (secondary N) is 2. The summed E-state index contributed by atoms with van der Waals surface area (Å²) in [6, 6.07) is 20.1. The summed E-state index contributed by atoms with van der Waals surface area (Å²) < 4.78 is 57.0. The number of aromatic carboxylic acids is 2. The second-order valence-corrected chi connectivity index (χ2v) is 16.5. The predicted octanol–water partition coefficient (Wildman–Crippen LogP) is 6.78. The number of nitrogens with zero attached hydrogens (tertiary/aromatic N) is 2. The summed E-state index contributed by atoms with van der Waals surface area (Å²) in [5.41, 5.74) is 1.01. The zero-order chi connectivity index (χ0) is 41.2. The summed E-state index contributed by atoms with van der Waals surface area (Å²) in [7, 11) is -5.52. The minimum Gasteiger partial charge on any atom is -0.478 e. The van der Waals surface area contributed by atoms with Crippen LogP contribution in [0.25, 0.3) is 0 Å². The van der Waals surface area contributed by atoms with Gasteiger partial charge in [0.2, 0.25) is 11.8 Å². The van der Waals surface area contributed by atoms with E-state index in [-0.39, 0.29) is 45.4 Å². The lowest BCUT2D eigenvalue weighted by Gasteiger charge is -2.21. The van der Waals surface area contributed by atoms with Crippen LogP contribution in [0, 0.1) is 0 Å². The van der Waals surface area contributed by atoms with Crippen LogP contribution in [0.2, 0.25) is 0 Å². The van der Waals surface area contributed by atoms with Gasteiger partial charge in [0.25, 0.3) is 20.0 Å². The largest absolute Gasteiger partial charge is 0.478 e. The number of sulfonamides is 2. The van der Waals surface area contributed by atoms with Gasteiger partial charge in [-0.25, -0.2) is 26.4 Å². The summed E-state index contributed by atoms with van der Waals surface area (Å²) in [5.74, 6) is -4.00. The van der Waals surface area contributed by atoms with Gasteiger partial charge in [-0.2, -0.15) is 0 Å². The molecule has 4 aromatic carbocycles. The molecule has 4 rings (SSSR count). The quantitative estimate of drug-likeness (QED) is 0.0781. The summed E-state index contributed by atoms with van der Waals surface area (Å²) in [4.78, 5) is 52.8. The van der Waals surface area contributed by atoms with Crippen molar-refractivity contribution in [3.63, 3.8) is 0 Å². The monoisotopic (exact) mass is 806 g/mol. The van der Waals surface area contributed by atoms with Crippen LogP contribution in [-0.2, 0) is 42.5 Å². The van der Waals surface area contributed by atoms with Crippen molar-refractivity contribution in [2.75, 3.05) is 33.3 Å². The van der Waals surface area contributed by atoms with Crippen LogP contribution in [-0.4, -0.2) is 64.9 Å². The molecule has 0 aliphatic carbocycles. The topological polar surface area (TPSA) is 208 Å². The lowest BCUT2D eigenvalue weighted by Crippen LogP contribution is -2.31. The van der Waals surface area contributed by atoms with Gasteiger partial charge in [0.05, 0.1) is 32.3 Å². The van der Waals surface area contributed by atoms with Crippen LogP contribution in [0.15, 0.2) is 94.7 Å². The zero-order valence-electron chi connectivity index (χ0n) is 31.6. The molecule has 0 fully saturated rings. The average molecular weight is 807 g/mol. The molecule has 0 aliphatic rings. The van der Waals surface area contributed by atoms with Gasteiger partial charge >= 0.3 is 11.9 Å². The molecular weight excluding hydrogens is 761 g/mol.